The summed E-state index contributed by atoms with van der Waals surface area (Å²) in [4.78, 5) is 22.8. The number of amides is 1. The number of carbonyl (C=O) groups is 2. The van der Waals surface area contributed by atoms with Crippen LogP contribution < -0.4 is 10.0 Å². The normalized spacial score (nSPS) is 11.7. The number of hydrogen-bond donors (Lipinski definition) is 3. The molecule has 2 aromatic rings. The lowest BCUT2D eigenvalue weighted by Gasteiger charge is -2.20. The first-order chi connectivity index (χ1) is 13.0. The number of nitrogens with one attached hydrogen (secondary N) is 2. The van der Waals surface area contributed by atoms with Crippen molar-refractivity contribution in [1.82, 2.24) is 5.32 Å². The lowest BCUT2D eigenvalue weighted by molar-refractivity contribution is -0.136. The third-order valence-electron chi connectivity index (χ3n) is 3.75. The Kier molecular flexibility index (Phi) is 6.45. The molecule has 28 heavy (non-hydrogen) atoms. The molecule has 0 fully saturated rings. The highest BCUT2D eigenvalue weighted by molar-refractivity contribution is 7.92. The molecule has 7 nitrogen and oxygen atoms in total. The van der Waals surface area contributed by atoms with Crippen molar-refractivity contribution < 1.29 is 23.1 Å². The minimum atomic E-state index is -3.79. The maximum Gasteiger partial charge on any atom is 0.303 e. The molecular weight excluding hydrogens is 380 g/mol. The fourth-order valence-corrected chi connectivity index (χ4v) is 3.46. The van der Waals surface area contributed by atoms with E-state index in [1.807, 2.05) is 20.8 Å². The van der Waals surface area contributed by atoms with Crippen molar-refractivity contribution in [3.05, 3.63) is 59.7 Å². The Bertz CT molecular complexity index is 944. The molecule has 0 atom stereocenters. The summed E-state index contributed by atoms with van der Waals surface area (Å²) in [5.41, 5.74) is 1.15. The van der Waals surface area contributed by atoms with Gasteiger partial charge < -0.3 is 10.4 Å². The average molecular weight is 404 g/mol. The van der Waals surface area contributed by atoms with E-state index >= 15 is 0 Å². The molecule has 0 spiro atoms. The van der Waals surface area contributed by atoms with Crippen molar-refractivity contribution in [2.45, 2.75) is 44.0 Å². The fourth-order valence-electron chi connectivity index (χ4n) is 2.40. The lowest BCUT2D eigenvalue weighted by atomic mass is 10.1. The van der Waals surface area contributed by atoms with Crippen molar-refractivity contribution in [1.29, 1.82) is 0 Å². The number of aliphatic carboxylic acids is 1. The van der Waals surface area contributed by atoms with Crippen LogP contribution >= 0.6 is 0 Å². The Labute approximate surface area is 164 Å². The predicted octanol–water partition coefficient (Wildman–Crippen LogP) is 3.03. The minimum Gasteiger partial charge on any atom is -0.481 e. The third kappa shape index (κ3) is 6.38. The summed E-state index contributed by atoms with van der Waals surface area (Å²) in [5.74, 6) is -1.14. The van der Waals surface area contributed by atoms with Crippen molar-refractivity contribution in [2.24, 2.45) is 0 Å². The third-order valence-corrected chi connectivity index (χ3v) is 5.15. The molecule has 0 aliphatic heterocycles. The van der Waals surface area contributed by atoms with E-state index in [1.165, 1.54) is 24.3 Å². The SMILES string of the molecule is CC(C)(C)NC(=O)c1ccc(NS(=O)(=O)c2ccc(CCC(=O)O)cc2)cc1. The molecular formula is C20H24N2O5S. The van der Waals surface area contributed by atoms with Gasteiger partial charge in [-0.15, -0.1) is 0 Å². The van der Waals surface area contributed by atoms with Gasteiger partial charge in [0.1, 0.15) is 0 Å². The van der Waals surface area contributed by atoms with Crippen LogP contribution in [-0.4, -0.2) is 30.9 Å². The van der Waals surface area contributed by atoms with Crippen LogP contribution in [0.3, 0.4) is 0 Å². The van der Waals surface area contributed by atoms with E-state index in [4.69, 9.17) is 5.11 Å². The molecule has 0 aliphatic carbocycles. The quantitative estimate of drug-likeness (QED) is 0.657. The Morgan fingerprint density at radius 3 is 2.04 bits per heavy atom. The first kappa shape index (κ1) is 21.4. The molecule has 0 aromatic heterocycles. The van der Waals surface area contributed by atoms with Gasteiger partial charge in [0, 0.05) is 23.2 Å². The molecule has 0 heterocycles. The summed E-state index contributed by atoms with van der Waals surface area (Å²) in [6.07, 6.45) is 0.320. The topological polar surface area (TPSA) is 113 Å². The Hall–Kier alpha value is -2.87. The number of rotatable bonds is 7. The molecule has 2 aromatic carbocycles. The predicted molar refractivity (Wildman–Crippen MR) is 107 cm³/mol. The zero-order chi connectivity index (χ0) is 20.9. The molecule has 0 radical (unpaired) electrons. The van der Waals surface area contributed by atoms with E-state index in [0.717, 1.165) is 5.56 Å². The fraction of sp³-hybridized carbons (Fsp3) is 0.300. The zero-order valence-corrected chi connectivity index (χ0v) is 16.8. The summed E-state index contributed by atoms with van der Waals surface area (Å²) < 4.78 is 27.5. The first-order valence-corrected chi connectivity index (χ1v) is 10.2. The van der Waals surface area contributed by atoms with Crippen LogP contribution in [0.4, 0.5) is 5.69 Å². The molecule has 0 aliphatic rings. The number of anilines is 1. The van der Waals surface area contributed by atoms with Gasteiger partial charge in [-0.25, -0.2) is 8.42 Å². The summed E-state index contributed by atoms with van der Waals surface area (Å²) in [6.45, 7) is 5.63. The first-order valence-electron chi connectivity index (χ1n) is 8.72. The van der Waals surface area contributed by atoms with Gasteiger partial charge in [0.2, 0.25) is 0 Å². The molecule has 0 saturated carbocycles. The van der Waals surface area contributed by atoms with E-state index in [-0.39, 0.29) is 22.8 Å². The van der Waals surface area contributed by atoms with Crippen molar-refractivity contribution >= 4 is 27.6 Å². The van der Waals surface area contributed by atoms with Gasteiger partial charge in [0.15, 0.2) is 0 Å². The van der Waals surface area contributed by atoms with Crippen LogP contribution in [0.15, 0.2) is 53.4 Å². The largest absolute Gasteiger partial charge is 0.481 e. The Morgan fingerprint density at radius 1 is 0.964 bits per heavy atom. The number of aryl methyl sites for hydroxylation is 1. The highest BCUT2D eigenvalue weighted by atomic mass is 32.2. The molecule has 3 N–H and O–H groups in total. The van der Waals surface area contributed by atoms with Crippen molar-refractivity contribution in [2.75, 3.05) is 4.72 Å². The van der Waals surface area contributed by atoms with E-state index in [9.17, 15) is 18.0 Å². The van der Waals surface area contributed by atoms with Crippen LogP contribution in [0.1, 0.15) is 43.1 Å². The van der Waals surface area contributed by atoms with Crippen molar-refractivity contribution in [3.63, 3.8) is 0 Å². The van der Waals surface area contributed by atoms with E-state index < -0.39 is 16.0 Å². The Balaban J connectivity index is 2.07. The van der Waals surface area contributed by atoms with Crippen LogP contribution in [0.2, 0.25) is 0 Å². The average Bonchev–Trinajstić information content (AvgIpc) is 2.59. The molecule has 8 heteroatoms. The van der Waals surface area contributed by atoms with E-state index in [0.29, 0.717) is 17.7 Å². The summed E-state index contributed by atoms with van der Waals surface area (Å²) in [5, 5.41) is 11.5. The second-order valence-corrected chi connectivity index (χ2v) is 9.11. The maximum absolute atomic E-state index is 12.5. The highest BCUT2D eigenvalue weighted by Crippen LogP contribution is 2.18. The lowest BCUT2D eigenvalue weighted by Crippen LogP contribution is -2.40. The number of benzene rings is 2. The monoisotopic (exact) mass is 404 g/mol. The van der Waals surface area contributed by atoms with Gasteiger partial charge in [-0.2, -0.15) is 0 Å². The minimum absolute atomic E-state index is 0.0144. The summed E-state index contributed by atoms with van der Waals surface area (Å²) in [7, 11) is -3.79. The number of sulfonamides is 1. The summed E-state index contributed by atoms with van der Waals surface area (Å²) >= 11 is 0. The second-order valence-electron chi connectivity index (χ2n) is 7.42. The van der Waals surface area contributed by atoms with Crippen LogP contribution in [0.5, 0.6) is 0 Å². The van der Waals surface area contributed by atoms with E-state index in [1.54, 1.807) is 24.3 Å². The second kappa shape index (κ2) is 8.43. The van der Waals surface area contributed by atoms with Gasteiger partial charge >= 0.3 is 5.97 Å². The van der Waals surface area contributed by atoms with Gasteiger partial charge in [-0.3, -0.25) is 14.3 Å². The molecule has 0 bridgehead atoms. The Morgan fingerprint density at radius 2 is 1.54 bits per heavy atom. The van der Waals surface area contributed by atoms with Gasteiger partial charge in [0.05, 0.1) is 4.90 Å². The standard InChI is InChI=1S/C20H24N2O5S/c1-20(2,3)21-19(25)15-7-9-16(10-8-15)22-28(26,27)17-11-4-14(5-12-17)6-13-18(23)24/h4-5,7-12,22H,6,13H2,1-3H3,(H,21,25)(H,23,24). The van der Waals surface area contributed by atoms with Crippen LogP contribution in [0, 0.1) is 0 Å². The number of carbonyl (C=O) groups excluding carboxylic acids is 1. The highest BCUT2D eigenvalue weighted by Gasteiger charge is 2.17. The van der Waals surface area contributed by atoms with Crippen LogP contribution in [0.25, 0.3) is 0 Å². The molecule has 0 saturated heterocycles. The van der Waals surface area contributed by atoms with E-state index in [2.05, 4.69) is 10.0 Å². The smallest absolute Gasteiger partial charge is 0.303 e. The molecule has 1 amide bonds. The number of hydrogen-bond acceptors (Lipinski definition) is 4. The van der Waals surface area contributed by atoms with Gasteiger partial charge in [-0.1, -0.05) is 12.1 Å². The van der Waals surface area contributed by atoms with Gasteiger partial charge in [0.25, 0.3) is 15.9 Å². The molecule has 2 rings (SSSR count). The van der Waals surface area contributed by atoms with Gasteiger partial charge in [-0.05, 0) is 69.2 Å². The van der Waals surface area contributed by atoms with Crippen molar-refractivity contribution in [3.8, 4) is 0 Å². The molecule has 0 unspecified atom stereocenters. The number of carboxylic acids is 1. The molecule has 150 valence electrons. The zero-order valence-electron chi connectivity index (χ0n) is 16.0. The number of carboxylic acid groups (broad SMARTS) is 1. The summed E-state index contributed by atoms with van der Waals surface area (Å²) in [6, 6.07) is 12.2. The maximum atomic E-state index is 12.5. The van der Waals surface area contributed by atoms with Crippen LogP contribution in [-0.2, 0) is 21.2 Å².